The highest BCUT2D eigenvalue weighted by Gasteiger charge is 2.24. The first-order chi connectivity index (χ1) is 13.1. The summed E-state index contributed by atoms with van der Waals surface area (Å²) in [6.45, 7) is 9.81. The Morgan fingerprint density at radius 1 is 1.18 bits per heavy atom. The quantitative estimate of drug-likeness (QED) is 0.834. The second-order valence-electron chi connectivity index (χ2n) is 7.98. The van der Waals surface area contributed by atoms with Crippen LogP contribution in [0.1, 0.15) is 40.2 Å². The molecule has 0 radical (unpaired) electrons. The van der Waals surface area contributed by atoms with Gasteiger partial charge in [-0.2, -0.15) is 0 Å². The van der Waals surface area contributed by atoms with Crippen LogP contribution < -0.4 is 20.1 Å². The molecule has 3 rings (SSSR count). The van der Waals surface area contributed by atoms with Crippen molar-refractivity contribution in [2.24, 2.45) is 0 Å². The van der Waals surface area contributed by atoms with Crippen LogP contribution in [0.15, 0.2) is 42.5 Å². The summed E-state index contributed by atoms with van der Waals surface area (Å²) in [4.78, 5) is 24.2. The summed E-state index contributed by atoms with van der Waals surface area (Å²) in [5, 5.41) is 5.57. The second kappa shape index (κ2) is 7.54. The van der Waals surface area contributed by atoms with Crippen LogP contribution in [-0.2, 0) is 15.0 Å². The molecule has 0 fully saturated rings. The summed E-state index contributed by atoms with van der Waals surface area (Å²) in [6.07, 6.45) is -1.21. The van der Waals surface area contributed by atoms with Gasteiger partial charge in [-0.15, -0.1) is 0 Å². The van der Waals surface area contributed by atoms with Crippen LogP contribution in [-0.4, -0.2) is 24.0 Å². The number of hydrogen-bond donors (Lipinski definition) is 2. The molecule has 1 aliphatic rings. The molecule has 2 aromatic carbocycles. The maximum Gasteiger partial charge on any atom is 0.265 e. The molecule has 2 atom stereocenters. The van der Waals surface area contributed by atoms with E-state index in [1.807, 2.05) is 24.3 Å². The monoisotopic (exact) mass is 382 g/mol. The van der Waals surface area contributed by atoms with Crippen LogP contribution in [0, 0.1) is 0 Å². The van der Waals surface area contributed by atoms with Gasteiger partial charge in [0.05, 0.1) is 5.69 Å². The van der Waals surface area contributed by atoms with Gasteiger partial charge >= 0.3 is 0 Å². The molecule has 0 spiro atoms. The van der Waals surface area contributed by atoms with Gasteiger partial charge in [-0.1, -0.05) is 32.9 Å². The van der Waals surface area contributed by atoms with Crippen molar-refractivity contribution in [1.82, 2.24) is 0 Å². The molecule has 2 aromatic rings. The first kappa shape index (κ1) is 19.7. The molecule has 148 valence electrons. The zero-order valence-corrected chi connectivity index (χ0v) is 16.8. The number of carbonyl (C=O) groups excluding carboxylic acids is 2. The van der Waals surface area contributed by atoms with Gasteiger partial charge in [-0.3, -0.25) is 9.59 Å². The fourth-order valence-corrected chi connectivity index (χ4v) is 2.82. The predicted molar refractivity (Wildman–Crippen MR) is 109 cm³/mol. The average molecular weight is 382 g/mol. The Morgan fingerprint density at radius 3 is 2.50 bits per heavy atom. The lowest BCUT2D eigenvalue weighted by atomic mass is 9.87. The van der Waals surface area contributed by atoms with Crippen molar-refractivity contribution in [2.75, 3.05) is 10.6 Å². The zero-order valence-electron chi connectivity index (χ0n) is 16.8. The molecule has 0 aromatic heterocycles. The molecule has 2 amide bonds. The number of nitrogens with one attached hydrogen (secondary N) is 2. The number of benzene rings is 2. The third kappa shape index (κ3) is 4.44. The number of fused-ring (bicyclic) bond motifs is 1. The Kier molecular flexibility index (Phi) is 5.31. The van der Waals surface area contributed by atoms with Crippen molar-refractivity contribution in [2.45, 2.75) is 52.2 Å². The number of ether oxygens (including phenoxy) is 2. The molecule has 0 saturated heterocycles. The van der Waals surface area contributed by atoms with E-state index in [0.717, 1.165) is 0 Å². The zero-order chi connectivity index (χ0) is 20.5. The molecule has 6 heteroatoms. The molecule has 0 saturated carbocycles. The van der Waals surface area contributed by atoms with Gasteiger partial charge < -0.3 is 20.1 Å². The predicted octanol–water partition coefficient (Wildman–Crippen LogP) is 4.11. The van der Waals surface area contributed by atoms with E-state index in [4.69, 9.17) is 9.47 Å². The van der Waals surface area contributed by atoms with Crippen LogP contribution in [0.25, 0.3) is 0 Å². The molecule has 2 unspecified atom stereocenters. The van der Waals surface area contributed by atoms with E-state index in [9.17, 15) is 9.59 Å². The topological polar surface area (TPSA) is 76.7 Å². The SMILES string of the molecule is CC(Oc1ccc(C(C)(C)C)cc1)C(=O)Nc1ccc2c(c1)NC(=O)C(C)O2. The first-order valence-corrected chi connectivity index (χ1v) is 9.33. The third-order valence-electron chi connectivity index (χ3n) is 4.58. The van der Waals surface area contributed by atoms with E-state index in [2.05, 4.69) is 31.4 Å². The van der Waals surface area contributed by atoms with Gasteiger partial charge in [0.1, 0.15) is 11.5 Å². The Morgan fingerprint density at radius 2 is 1.86 bits per heavy atom. The lowest BCUT2D eigenvalue weighted by molar-refractivity contribution is -0.123. The summed E-state index contributed by atoms with van der Waals surface area (Å²) < 4.78 is 11.3. The molecular formula is C22H26N2O4. The van der Waals surface area contributed by atoms with Crippen molar-refractivity contribution in [3.05, 3.63) is 48.0 Å². The lowest BCUT2D eigenvalue weighted by Crippen LogP contribution is -2.34. The Balaban J connectivity index is 1.63. The summed E-state index contributed by atoms with van der Waals surface area (Å²) in [5.41, 5.74) is 2.35. The van der Waals surface area contributed by atoms with Gasteiger partial charge in [-0.25, -0.2) is 0 Å². The van der Waals surface area contributed by atoms with Crippen molar-refractivity contribution < 1.29 is 19.1 Å². The van der Waals surface area contributed by atoms with E-state index in [1.165, 1.54) is 5.56 Å². The smallest absolute Gasteiger partial charge is 0.265 e. The summed E-state index contributed by atoms with van der Waals surface area (Å²) >= 11 is 0. The van der Waals surface area contributed by atoms with Crippen LogP contribution in [0.4, 0.5) is 11.4 Å². The number of rotatable bonds is 4. The fraction of sp³-hybridized carbons (Fsp3) is 0.364. The fourth-order valence-electron chi connectivity index (χ4n) is 2.82. The van der Waals surface area contributed by atoms with E-state index >= 15 is 0 Å². The highest BCUT2D eigenvalue weighted by atomic mass is 16.5. The van der Waals surface area contributed by atoms with Crippen molar-refractivity contribution in [3.8, 4) is 11.5 Å². The van der Waals surface area contributed by atoms with Gasteiger partial charge in [0.15, 0.2) is 12.2 Å². The maximum atomic E-state index is 12.5. The highest BCUT2D eigenvalue weighted by molar-refractivity contribution is 5.99. The molecular weight excluding hydrogens is 356 g/mol. The minimum absolute atomic E-state index is 0.0604. The number of carbonyl (C=O) groups is 2. The molecule has 1 aliphatic heterocycles. The molecule has 0 aliphatic carbocycles. The van der Waals surface area contributed by atoms with Crippen LogP contribution in [0.5, 0.6) is 11.5 Å². The minimum atomic E-state index is -0.678. The largest absolute Gasteiger partial charge is 0.481 e. The standard InChI is InChI=1S/C22H26N2O4/c1-13(27-17-9-6-15(7-10-17)22(3,4)5)20(25)23-16-8-11-19-18(12-16)24-21(26)14(2)28-19/h6-14H,1-5H3,(H,23,25)(H,24,26). The van der Waals surface area contributed by atoms with Crippen molar-refractivity contribution in [1.29, 1.82) is 0 Å². The number of hydrogen-bond acceptors (Lipinski definition) is 4. The Hall–Kier alpha value is -3.02. The number of amides is 2. The van der Waals surface area contributed by atoms with Crippen molar-refractivity contribution in [3.63, 3.8) is 0 Å². The van der Waals surface area contributed by atoms with Crippen LogP contribution >= 0.6 is 0 Å². The maximum absolute atomic E-state index is 12.5. The number of anilines is 2. The Labute approximate surface area is 165 Å². The second-order valence-corrected chi connectivity index (χ2v) is 7.98. The first-order valence-electron chi connectivity index (χ1n) is 9.33. The van der Waals surface area contributed by atoms with E-state index < -0.39 is 12.2 Å². The highest BCUT2D eigenvalue weighted by Crippen LogP contribution is 2.32. The Bertz CT molecular complexity index is 884. The molecule has 1 heterocycles. The minimum Gasteiger partial charge on any atom is -0.481 e. The third-order valence-corrected chi connectivity index (χ3v) is 4.58. The average Bonchev–Trinajstić information content (AvgIpc) is 2.62. The van der Waals surface area contributed by atoms with Crippen LogP contribution in [0.2, 0.25) is 0 Å². The molecule has 6 nitrogen and oxygen atoms in total. The lowest BCUT2D eigenvalue weighted by Gasteiger charge is -2.24. The summed E-state index contributed by atoms with van der Waals surface area (Å²) in [7, 11) is 0. The van der Waals surface area contributed by atoms with E-state index in [1.54, 1.807) is 32.0 Å². The summed E-state index contributed by atoms with van der Waals surface area (Å²) in [6, 6.07) is 12.9. The van der Waals surface area contributed by atoms with E-state index in [-0.39, 0.29) is 17.2 Å². The van der Waals surface area contributed by atoms with Crippen LogP contribution in [0.3, 0.4) is 0 Å². The molecule has 28 heavy (non-hydrogen) atoms. The van der Waals surface area contributed by atoms with Gasteiger partial charge in [0.25, 0.3) is 11.8 Å². The molecule has 2 N–H and O–H groups in total. The van der Waals surface area contributed by atoms with E-state index in [0.29, 0.717) is 22.9 Å². The van der Waals surface area contributed by atoms with Gasteiger partial charge in [0, 0.05) is 5.69 Å². The van der Waals surface area contributed by atoms with Gasteiger partial charge in [0.2, 0.25) is 0 Å². The van der Waals surface area contributed by atoms with Gasteiger partial charge in [-0.05, 0) is 55.2 Å². The molecule has 0 bridgehead atoms. The van der Waals surface area contributed by atoms with Crippen molar-refractivity contribution >= 4 is 23.2 Å². The normalized spacial score (nSPS) is 17.0. The summed E-state index contributed by atoms with van der Waals surface area (Å²) in [5.74, 6) is 0.715.